The molecule has 0 aliphatic carbocycles. The van der Waals surface area contributed by atoms with Crippen LogP contribution in [0.2, 0.25) is 0 Å². The minimum atomic E-state index is -1.13. The third-order valence-electron chi connectivity index (χ3n) is 7.40. The fraction of sp³-hybridized carbons (Fsp3) is 0.242. The van der Waals surface area contributed by atoms with Gasteiger partial charge in [0.1, 0.15) is 29.9 Å². The molecule has 4 amide bonds. The van der Waals surface area contributed by atoms with Crippen LogP contribution in [0, 0.1) is 0 Å². The van der Waals surface area contributed by atoms with E-state index in [-0.39, 0.29) is 31.0 Å². The summed E-state index contributed by atoms with van der Waals surface area (Å²) in [5, 5.41) is 18.5. The molecule has 11 N–H and O–H groups in total. The highest BCUT2D eigenvalue weighted by Gasteiger charge is 2.30. The molecule has 240 valence electrons. The molecule has 0 spiro atoms. The molecular weight excluding hydrogens is 588 g/mol. The summed E-state index contributed by atoms with van der Waals surface area (Å²) in [7, 11) is 0. The largest absolute Gasteiger partial charge is 0.508 e. The molecular formula is C33H38N8O5. The van der Waals surface area contributed by atoms with Gasteiger partial charge in [-0.1, -0.05) is 60.7 Å². The molecule has 4 atom stereocenters. The molecule has 13 nitrogen and oxygen atoms in total. The number of aromatic amines is 1. The number of amides is 4. The predicted molar refractivity (Wildman–Crippen MR) is 174 cm³/mol. The van der Waals surface area contributed by atoms with Gasteiger partial charge in [0.05, 0.1) is 0 Å². The second kappa shape index (κ2) is 15.2. The van der Waals surface area contributed by atoms with Gasteiger partial charge >= 0.3 is 0 Å². The highest BCUT2D eigenvalue weighted by Crippen LogP contribution is 2.19. The maximum Gasteiger partial charge on any atom is 0.245 e. The standard InChI is InChI=1S/C33H38N8O5/c1-19(38-31(45)27(41-33(35)36)16-21-11-13-23(42)14-12-21)30(44)40-28(17-22-18-37-25-10-6-5-9-24(22)25)32(46)39-26(29(34)43)15-20-7-3-2-4-8-20/h2-14,18-19,26-28,37,42H,15-17H2,1H3,(H2,34,43)(H,38,45)(H,39,46)(H,40,44)(H4,35,36,41)/t19-,26+,27+,28+/m1/s1. The number of aromatic nitrogens is 1. The molecule has 0 fully saturated rings. The summed E-state index contributed by atoms with van der Waals surface area (Å²) in [6.07, 6.45) is 2.09. The fourth-order valence-corrected chi connectivity index (χ4v) is 4.98. The molecule has 0 bridgehead atoms. The van der Waals surface area contributed by atoms with Crippen molar-refractivity contribution in [2.75, 3.05) is 0 Å². The second-order valence-corrected chi connectivity index (χ2v) is 10.9. The number of benzene rings is 3. The van der Waals surface area contributed by atoms with Crippen LogP contribution in [0.25, 0.3) is 10.9 Å². The molecule has 0 saturated carbocycles. The van der Waals surface area contributed by atoms with Gasteiger partial charge in [0.15, 0.2) is 5.96 Å². The van der Waals surface area contributed by atoms with Crippen molar-refractivity contribution in [2.45, 2.75) is 50.4 Å². The lowest BCUT2D eigenvalue weighted by Crippen LogP contribution is -2.57. The van der Waals surface area contributed by atoms with Crippen molar-refractivity contribution in [2.24, 2.45) is 22.2 Å². The Labute approximate surface area is 265 Å². The monoisotopic (exact) mass is 626 g/mol. The highest BCUT2D eigenvalue weighted by atomic mass is 16.3. The van der Waals surface area contributed by atoms with Gasteiger partial charge in [-0.05, 0) is 41.8 Å². The molecule has 3 aromatic carbocycles. The van der Waals surface area contributed by atoms with E-state index < -0.39 is 47.8 Å². The number of carbonyl (C=O) groups is 4. The van der Waals surface area contributed by atoms with E-state index in [1.807, 2.05) is 54.6 Å². The van der Waals surface area contributed by atoms with Crippen molar-refractivity contribution < 1.29 is 24.3 Å². The summed E-state index contributed by atoms with van der Waals surface area (Å²) in [6, 6.07) is 18.5. The third-order valence-corrected chi connectivity index (χ3v) is 7.40. The zero-order valence-electron chi connectivity index (χ0n) is 25.3. The van der Waals surface area contributed by atoms with Gasteiger partial charge in [-0.25, -0.2) is 4.99 Å². The van der Waals surface area contributed by atoms with Crippen LogP contribution < -0.4 is 33.2 Å². The molecule has 46 heavy (non-hydrogen) atoms. The molecule has 1 heterocycles. The number of fused-ring (bicyclic) bond motifs is 1. The van der Waals surface area contributed by atoms with E-state index in [0.717, 1.165) is 22.0 Å². The van der Waals surface area contributed by atoms with E-state index in [2.05, 4.69) is 25.9 Å². The first-order valence-electron chi connectivity index (χ1n) is 14.7. The van der Waals surface area contributed by atoms with Crippen LogP contribution in [-0.4, -0.2) is 63.8 Å². The number of primary amides is 1. The lowest BCUT2D eigenvalue weighted by atomic mass is 10.0. The zero-order chi connectivity index (χ0) is 33.2. The number of para-hydroxylation sites is 1. The van der Waals surface area contributed by atoms with Gasteiger partial charge in [0, 0.05) is 36.4 Å². The molecule has 0 aliphatic heterocycles. The second-order valence-electron chi connectivity index (χ2n) is 10.9. The zero-order valence-corrected chi connectivity index (χ0v) is 25.3. The quantitative estimate of drug-likeness (QED) is 0.0729. The van der Waals surface area contributed by atoms with Gasteiger partial charge in [0.2, 0.25) is 23.6 Å². The average molecular weight is 627 g/mol. The van der Waals surface area contributed by atoms with E-state index in [1.165, 1.54) is 19.1 Å². The first kappa shape index (κ1) is 33.1. The van der Waals surface area contributed by atoms with Crippen molar-refractivity contribution >= 4 is 40.5 Å². The third kappa shape index (κ3) is 9.08. The van der Waals surface area contributed by atoms with Gasteiger partial charge in [-0.15, -0.1) is 0 Å². The smallest absolute Gasteiger partial charge is 0.245 e. The van der Waals surface area contributed by atoms with Gasteiger partial charge < -0.3 is 43.2 Å². The van der Waals surface area contributed by atoms with E-state index in [1.54, 1.807) is 18.3 Å². The minimum Gasteiger partial charge on any atom is -0.508 e. The first-order valence-corrected chi connectivity index (χ1v) is 14.7. The van der Waals surface area contributed by atoms with Crippen LogP contribution >= 0.6 is 0 Å². The van der Waals surface area contributed by atoms with E-state index in [4.69, 9.17) is 17.2 Å². The minimum absolute atomic E-state index is 0.0605. The SMILES string of the molecule is C[C@@H](NC(=O)[C@H](Cc1ccc(O)cc1)N=C(N)N)C(=O)N[C@@H](Cc1c[nH]c2ccccc12)C(=O)N[C@@H](Cc1ccccc1)C(N)=O. The molecule has 0 unspecified atom stereocenters. The van der Waals surface area contributed by atoms with Crippen molar-refractivity contribution in [1.29, 1.82) is 0 Å². The van der Waals surface area contributed by atoms with Crippen LogP contribution in [-0.2, 0) is 38.4 Å². The van der Waals surface area contributed by atoms with Crippen molar-refractivity contribution in [3.8, 4) is 5.75 Å². The molecule has 1 aromatic heterocycles. The van der Waals surface area contributed by atoms with Crippen LogP contribution in [0.3, 0.4) is 0 Å². The predicted octanol–water partition coefficient (Wildman–Crippen LogP) is 0.503. The Morgan fingerprint density at radius 1 is 0.739 bits per heavy atom. The Hall–Kier alpha value is -5.85. The topological polar surface area (TPSA) is 231 Å². The number of H-pyrrole nitrogens is 1. The van der Waals surface area contributed by atoms with Gasteiger partial charge in [0.25, 0.3) is 0 Å². The highest BCUT2D eigenvalue weighted by molar-refractivity contribution is 5.95. The Kier molecular flexibility index (Phi) is 10.9. The van der Waals surface area contributed by atoms with Crippen molar-refractivity contribution in [3.05, 3.63) is 102 Å². The number of hydrogen-bond donors (Lipinski definition) is 8. The number of aromatic hydroxyl groups is 1. The van der Waals surface area contributed by atoms with Crippen LogP contribution in [0.4, 0.5) is 0 Å². The van der Waals surface area contributed by atoms with Crippen LogP contribution in [0.5, 0.6) is 5.75 Å². The number of nitrogens with one attached hydrogen (secondary N) is 4. The average Bonchev–Trinajstić information content (AvgIpc) is 3.43. The summed E-state index contributed by atoms with van der Waals surface area (Å²) in [4.78, 5) is 59.7. The van der Waals surface area contributed by atoms with Crippen molar-refractivity contribution in [3.63, 3.8) is 0 Å². The fourth-order valence-electron chi connectivity index (χ4n) is 4.98. The van der Waals surface area contributed by atoms with E-state index in [0.29, 0.717) is 5.56 Å². The number of aliphatic imine (C=N–C) groups is 1. The summed E-state index contributed by atoms with van der Waals surface area (Å²) in [5.74, 6) is -2.88. The number of nitrogens with two attached hydrogens (primary N) is 3. The maximum absolute atomic E-state index is 13.7. The molecule has 0 aliphatic rings. The normalized spacial score (nSPS) is 13.5. The molecule has 0 saturated heterocycles. The summed E-state index contributed by atoms with van der Waals surface area (Å²) in [6.45, 7) is 1.46. The summed E-state index contributed by atoms with van der Waals surface area (Å²) in [5.41, 5.74) is 19.8. The Bertz CT molecular complexity index is 1700. The number of phenols is 1. The van der Waals surface area contributed by atoms with Crippen LogP contribution in [0.15, 0.2) is 90.1 Å². The lowest BCUT2D eigenvalue weighted by Gasteiger charge is -2.24. The lowest BCUT2D eigenvalue weighted by molar-refractivity contribution is -0.133. The number of carbonyl (C=O) groups excluding carboxylic acids is 4. The number of nitrogens with zero attached hydrogens (tertiary/aromatic N) is 1. The van der Waals surface area contributed by atoms with Gasteiger partial charge in [-0.2, -0.15) is 0 Å². The Morgan fingerprint density at radius 2 is 1.37 bits per heavy atom. The van der Waals surface area contributed by atoms with Gasteiger partial charge in [-0.3, -0.25) is 19.2 Å². The Balaban J connectivity index is 1.51. The van der Waals surface area contributed by atoms with E-state index in [9.17, 15) is 24.3 Å². The van der Waals surface area contributed by atoms with E-state index >= 15 is 0 Å². The molecule has 4 aromatic rings. The molecule has 13 heteroatoms. The molecule has 0 radical (unpaired) electrons. The Morgan fingerprint density at radius 3 is 2.04 bits per heavy atom. The number of rotatable bonds is 14. The first-order chi connectivity index (χ1) is 22.0. The van der Waals surface area contributed by atoms with Crippen molar-refractivity contribution in [1.82, 2.24) is 20.9 Å². The molecule has 4 rings (SSSR count). The summed E-state index contributed by atoms with van der Waals surface area (Å²) >= 11 is 0. The van der Waals surface area contributed by atoms with Crippen LogP contribution in [0.1, 0.15) is 23.6 Å². The number of phenolic OH excluding ortho intramolecular Hbond substituents is 1. The number of guanidine groups is 1. The maximum atomic E-state index is 13.7. The number of hydrogen-bond acceptors (Lipinski definition) is 6. The summed E-state index contributed by atoms with van der Waals surface area (Å²) < 4.78 is 0.